The number of amides is 1. The summed E-state index contributed by atoms with van der Waals surface area (Å²) in [6.45, 7) is 2.12. The van der Waals surface area contributed by atoms with Gasteiger partial charge in [-0.25, -0.2) is 0 Å². The number of aromatic amines is 1. The first kappa shape index (κ1) is 19.4. The first-order chi connectivity index (χ1) is 15.7. The van der Waals surface area contributed by atoms with Crippen LogP contribution in [0.5, 0.6) is 0 Å². The Morgan fingerprint density at radius 1 is 0.844 bits per heavy atom. The number of nitrogens with one attached hydrogen (secondary N) is 1. The number of carbonyl (C=O) groups is 1. The fraction of sp³-hybridized carbons (Fsp3) is 0.276. The van der Waals surface area contributed by atoms with Crippen LogP contribution < -0.4 is 0 Å². The van der Waals surface area contributed by atoms with Crippen molar-refractivity contribution in [2.24, 2.45) is 0 Å². The van der Waals surface area contributed by atoms with Crippen LogP contribution in [0.2, 0.25) is 0 Å². The van der Waals surface area contributed by atoms with Gasteiger partial charge in [-0.15, -0.1) is 0 Å². The van der Waals surface area contributed by atoms with Crippen molar-refractivity contribution < 1.29 is 4.79 Å². The summed E-state index contributed by atoms with van der Waals surface area (Å²) < 4.78 is 0. The summed E-state index contributed by atoms with van der Waals surface area (Å²) >= 11 is 0. The van der Waals surface area contributed by atoms with Crippen molar-refractivity contribution in [1.29, 1.82) is 0 Å². The lowest BCUT2D eigenvalue weighted by atomic mass is 9.89. The molecule has 32 heavy (non-hydrogen) atoms. The molecule has 1 aliphatic carbocycles. The van der Waals surface area contributed by atoms with Crippen LogP contribution in [-0.2, 0) is 0 Å². The van der Waals surface area contributed by atoms with Gasteiger partial charge in [0.1, 0.15) is 0 Å². The number of fused-ring (bicyclic) bond motifs is 2. The van der Waals surface area contributed by atoms with Crippen LogP contribution >= 0.6 is 0 Å². The van der Waals surface area contributed by atoms with Crippen molar-refractivity contribution >= 4 is 16.8 Å². The number of aromatic nitrogens is 1. The second kappa shape index (κ2) is 7.67. The average Bonchev–Trinajstić information content (AvgIpc) is 3.35. The number of para-hydroxylation sites is 1. The van der Waals surface area contributed by atoms with E-state index in [1.165, 1.54) is 41.3 Å². The second-order valence-electron chi connectivity index (χ2n) is 9.32. The van der Waals surface area contributed by atoms with E-state index in [-0.39, 0.29) is 11.9 Å². The Labute approximate surface area is 189 Å². The lowest BCUT2D eigenvalue weighted by Crippen LogP contribution is -2.40. The summed E-state index contributed by atoms with van der Waals surface area (Å²) in [7, 11) is 0. The SMILES string of the molecule is Cc1ccc(-c2[nH]c3ccccc3c2C2c3ccccc3C(=O)N2C2CCCCC2)cc1. The molecular weight excluding hydrogens is 392 g/mol. The molecule has 0 radical (unpaired) electrons. The molecule has 1 saturated carbocycles. The van der Waals surface area contributed by atoms with Gasteiger partial charge in [-0.05, 0) is 43.0 Å². The molecule has 4 aromatic rings. The molecular formula is C29H28N2O. The van der Waals surface area contributed by atoms with E-state index in [1.807, 2.05) is 12.1 Å². The van der Waals surface area contributed by atoms with Gasteiger partial charge in [-0.1, -0.05) is 85.5 Å². The Kier molecular flexibility index (Phi) is 4.64. The number of nitrogens with zero attached hydrogens (tertiary/aromatic N) is 1. The van der Waals surface area contributed by atoms with Crippen molar-refractivity contribution in [3.05, 3.63) is 95.1 Å². The molecule has 0 saturated heterocycles. The first-order valence-corrected chi connectivity index (χ1v) is 11.8. The van der Waals surface area contributed by atoms with Gasteiger partial charge in [-0.2, -0.15) is 0 Å². The van der Waals surface area contributed by atoms with Crippen molar-refractivity contribution in [1.82, 2.24) is 9.88 Å². The highest BCUT2D eigenvalue weighted by molar-refractivity contribution is 6.02. The predicted molar refractivity (Wildman–Crippen MR) is 130 cm³/mol. The van der Waals surface area contributed by atoms with Crippen LogP contribution in [0.1, 0.15) is 65.2 Å². The number of hydrogen-bond acceptors (Lipinski definition) is 1. The summed E-state index contributed by atoms with van der Waals surface area (Å²) in [5.74, 6) is 0.192. The number of carbonyl (C=O) groups excluding carboxylic acids is 1. The molecule has 1 atom stereocenters. The monoisotopic (exact) mass is 420 g/mol. The number of rotatable bonds is 3. The van der Waals surface area contributed by atoms with E-state index in [4.69, 9.17) is 0 Å². The molecule has 1 fully saturated rings. The van der Waals surface area contributed by atoms with Crippen LogP contribution in [0.15, 0.2) is 72.8 Å². The maximum Gasteiger partial charge on any atom is 0.255 e. The molecule has 1 aromatic heterocycles. The zero-order chi connectivity index (χ0) is 21.7. The standard InChI is InChI=1S/C29H28N2O/c1-19-15-17-20(18-16-19)27-26(24-13-7-8-14-25(24)30-27)28-22-11-5-6-12-23(22)29(32)31(28)21-9-3-2-4-10-21/h5-8,11-18,21,28,30H,2-4,9-10H2,1H3. The van der Waals surface area contributed by atoms with Gasteiger partial charge in [0, 0.05) is 28.1 Å². The Balaban J connectivity index is 1.61. The zero-order valence-corrected chi connectivity index (χ0v) is 18.5. The minimum atomic E-state index is -0.0609. The molecule has 3 nitrogen and oxygen atoms in total. The van der Waals surface area contributed by atoms with Crippen LogP contribution in [-0.4, -0.2) is 21.8 Å². The number of H-pyrrole nitrogens is 1. The van der Waals surface area contributed by atoms with Crippen LogP contribution in [0.4, 0.5) is 0 Å². The van der Waals surface area contributed by atoms with E-state index in [1.54, 1.807) is 0 Å². The third kappa shape index (κ3) is 2.99. The van der Waals surface area contributed by atoms with Gasteiger partial charge in [0.05, 0.1) is 11.7 Å². The summed E-state index contributed by atoms with van der Waals surface area (Å²) in [6, 6.07) is 25.7. The lowest BCUT2D eigenvalue weighted by Gasteiger charge is -2.36. The van der Waals surface area contributed by atoms with Gasteiger partial charge < -0.3 is 9.88 Å². The highest BCUT2D eigenvalue weighted by Gasteiger charge is 2.43. The van der Waals surface area contributed by atoms with Crippen LogP contribution in [0.3, 0.4) is 0 Å². The Morgan fingerprint density at radius 3 is 2.38 bits per heavy atom. The zero-order valence-electron chi connectivity index (χ0n) is 18.5. The molecule has 1 N–H and O–H groups in total. The maximum atomic E-state index is 13.7. The van der Waals surface area contributed by atoms with Crippen molar-refractivity contribution in [2.45, 2.75) is 51.1 Å². The van der Waals surface area contributed by atoms with Gasteiger partial charge in [-0.3, -0.25) is 4.79 Å². The Hall–Kier alpha value is -3.33. The quantitative estimate of drug-likeness (QED) is 0.380. The molecule has 0 spiro atoms. The third-order valence-electron chi connectivity index (χ3n) is 7.33. The van der Waals surface area contributed by atoms with Gasteiger partial charge in [0.15, 0.2) is 0 Å². The van der Waals surface area contributed by atoms with Gasteiger partial charge >= 0.3 is 0 Å². The van der Waals surface area contributed by atoms with Gasteiger partial charge in [0.25, 0.3) is 5.91 Å². The van der Waals surface area contributed by atoms with Crippen molar-refractivity contribution in [2.75, 3.05) is 0 Å². The normalized spacial score (nSPS) is 19.0. The molecule has 2 aliphatic rings. The van der Waals surface area contributed by atoms with Crippen molar-refractivity contribution in [3.8, 4) is 11.3 Å². The van der Waals surface area contributed by atoms with E-state index < -0.39 is 0 Å². The van der Waals surface area contributed by atoms with E-state index in [9.17, 15) is 4.79 Å². The lowest BCUT2D eigenvalue weighted by molar-refractivity contribution is 0.0614. The largest absolute Gasteiger partial charge is 0.354 e. The molecule has 160 valence electrons. The fourth-order valence-corrected chi connectivity index (χ4v) is 5.76. The molecule has 1 amide bonds. The molecule has 1 aliphatic heterocycles. The average molecular weight is 421 g/mol. The maximum absolute atomic E-state index is 13.7. The summed E-state index contributed by atoms with van der Waals surface area (Å²) in [5, 5.41) is 1.21. The Bertz CT molecular complexity index is 1290. The Morgan fingerprint density at radius 2 is 1.56 bits per heavy atom. The van der Waals surface area contributed by atoms with Gasteiger partial charge in [0.2, 0.25) is 0 Å². The van der Waals surface area contributed by atoms with Crippen molar-refractivity contribution in [3.63, 3.8) is 0 Å². The number of aryl methyl sites for hydroxylation is 1. The summed E-state index contributed by atoms with van der Waals surface area (Å²) in [5.41, 5.74) is 7.90. The minimum Gasteiger partial charge on any atom is -0.354 e. The fourth-order valence-electron chi connectivity index (χ4n) is 5.76. The number of benzene rings is 3. The van der Waals surface area contributed by atoms with E-state index in [0.29, 0.717) is 6.04 Å². The third-order valence-corrected chi connectivity index (χ3v) is 7.33. The molecule has 6 rings (SSSR count). The topological polar surface area (TPSA) is 36.1 Å². The van der Waals surface area contributed by atoms with Crippen LogP contribution in [0.25, 0.3) is 22.2 Å². The number of hydrogen-bond donors (Lipinski definition) is 1. The molecule has 3 aromatic carbocycles. The van der Waals surface area contributed by atoms with E-state index in [2.05, 4.69) is 77.5 Å². The predicted octanol–water partition coefficient (Wildman–Crippen LogP) is 7.02. The molecule has 1 unspecified atom stereocenters. The summed E-state index contributed by atoms with van der Waals surface area (Å²) in [4.78, 5) is 19.7. The highest BCUT2D eigenvalue weighted by atomic mass is 16.2. The second-order valence-corrected chi connectivity index (χ2v) is 9.32. The van der Waals surface area contributed by atoms with E-state index in [0.717, 1.165) is 35.2 Å². The molecule has 2 heterocycles. The molecule has 3 heteroatoms. The smallest absolute Gasteiger partial charge is 0.255 e. The summed E-state index contributed by atoms with van der Waals surface area (Å²) in [6.07, 6.45) is 5.88. The first-order valence-electron chi connectivity index (χ1n) is 11.8. The highest BCUT2D eigenvalue weighted by Crippen LogP contribution is 2.47. The minimum absolute atomic E-state index is 0.0609. The van der Waals surface area contributed by atoms with E-state index >= 15 is 0 Å². The molecule has 0 bridgehead atoms. The van der Waals surface area contributed by atoms with Crippen LogP contribution in [0, 0.1) is 6.92 Å².